The van der Waals surface area contributed by atoms with E-state index in [1.165, 1.54) is 0 Å². The van der Waals surface area contributed by atoms with Crippen LogP contribution in [0.4, 0.5) is 0 Å². The van der Waals surface area contributed by atoms with Crippen molar-refractivity contribution >= 4 is 11.8 Å². The molecule has 2 saturated heterocycles. The third-order valence-electron chi connectivity index (χ3n) is 4.96. The number of amides is 2. The van der Waals surface area contributed by atoms with Crippen LogP contribution in [0.1, 0.15) is 55.8 Å². The molecule has 6 nitrogen and oxygen atoms in total. The number of carbonyl (C=O) groups excluding carboxylic acids is 2. The van der Waals surface area contributed by atoms with Crippen LogP contribution >= 0.6 is 0 Å². The van der Waals surface area contributed by atoms with Crippen molar-refractivity contribution in [2.45, 2.75) is 51.4 Å². The zero-order chi connectivity index (χ0) is 16.9. The van der Waals surface area contributed by atoms with Crippen molar-refractivity contribution in [1.29, 1.82) is 0 Å². The molecule has 130 valence electrons. The number of likely N-dealkylation sites (tertiary alicyclic amines) is 2. The van der Waals surface area contributed by atoms with Gasteiger partial charge in [0.15, 0.2) is 0 Å². The van der Waals surface area contributed by atoms with Gasteiger partial charge in [-0.05, 0) is 32.6 Å². The summed E-state index contributed by atoms with van der Waals surface area (Å²) >= 11 is 0. The second-order valence-electron chi connectivity index (χ2n) is 6.89. The van der Waals surface area contributed by atoms with Gasteiger partial charge in [0.2, 0.25) is 11.8 Å². The molecule has 0 saturated carbocycles. The molecule has 1 unspecified atom stereocenters. The lowest BCUT2D eigenvalue weighted by Gasteiger charge is -2.34. The third-order valence-corrected chi connectivity index (χ3v) is 4.96. The van der Waals surface area contributed by atoms with Gasteiger partial charge in [-0.3, -0.25) is 19.6 Å². The highest BCUT2D eigenvalue weighted by atomic mass is 16.2. The van der Waals surface area contributed by atoms with Crippen LogP contribution in [0.15, 0.2) is 12.4 Å². The Morgan fingerprint density at radius 1 is 1.21 bits per heavy atom. The molecule has 3 heterocycles. The number of aromatic nitrogens is 2. The maximum absolute atomic E-state index is 12.7. The maximum atomic E-state index is 12.7. The van der Waals surface area contributed by atoms with E-state index in [4.69, 9.17) is 0 Å². The van der Waals surface area contributed by atoms with Crippen molar-refractivity contribution in [3.05, 3.63) is 23.8 Å². The standard InChI is InChI=1S/C18H26N4O2/c1-14-10-19-11-16(20-14)15-6-5-9-21(12-15)18(24)13-22-8-4-2-3-7-17(22)23/h10-11,15H,2-9,12-13H2,1H3. The number of rotatable bonds is 3. The Morgan fingerprint density at radius 3 is 2.92 bits per heavy atom. The maximum Gasteiger partial charge on any atom is 0.242 e. The summed E-state index contributed by atoms with van der Waals surface area (Å²) in [5.74, 6) is 0.435. The van der Waals surface area contributed by atoms with Gasteiger partial charge in [0.25, 0.3) is 0 Å². The summed E-state index contributed by atoms with van der Waals surface area (Å²) in [4.78, 5) is 37.2. The Hall–Kier alpha value is -1.98. The van der Waals surface area contributed by atoms with E-state index in [0.717, 1.165) is 50.0 Å². The first kappa shape index (κ1) is 16.9. The van der Waals surface area contributed by atoms with Gasteiger partial charge >= 0.3 is 0 Å². The highest BCUT2D eigenvalue weighted by Crippen LogP contribution is 2.25. The molecule has 0 aliphatic carbocycles. The molecule has 2 aliphatic heterocycles. The molecule has 6 heteroatoms. The molecule has 1 aromatic heterocycles. The number of hydrogen-bond acceptors (Lipinski definition) is 4. The fourth-order valence-corrected chi connectivity index (χ4v) is 3.59. The molecule has 1 aromatic rings. The van der Waals surface area contributed by atoms with Gasteiger partial charge in [-0.15, -0.1) is 0 Å². The summed E-state index contributed by atoms with van der Waals surface area (Å²) in [5, 5.41) is 0. The number of hydrogen-bond donors (Lipinski definition) is 0. The van der Waals surface area contributed by atoms with E-state index in [-0.39, 0.29) is 24.3 Å². The zero-order valence-electron chi connectivity index (χ0n) is 14.4. The van der Waals surface area contributed by atoms with Crippen molar-refractivity contribution < 1.29 is 9.59 Å². The number of carbonyl (C=O) groups is 2. The summed E-state index contributed by atoms with van der Waals surface area (Å²) < 4.78 is 0. The smallest absolute Gasteiger partial charge is 0.242 e. The second-order valence-corrected chi connectivity index (χ2v) is 6.89. The highest BCUT2D eigenvalue weighted by molar-refractivity contribution is 5.85. The topological polar surface area (TPSA) is 66.4 Å². The first-order valence-corrected chi connectivity index (χ1v) is 8.97. The van der Waals surface area contributed by atoms with Gasteiger partial charge in [-0.1, -0.05) is 6.42 Å². The number of piperidine rings is 1. The lowest BCUT2D eigenvalue weighted by atomic mass is 9.95. The summed E-state index contributed by atoms with van der Waals surface area (Å²) in [6, 6.07) is 0. The second kappa shape index (κ2) is 7.73. The number of nitrogens with zero attached hydrogens (tertiary/aromatic N) is 4. The average molecular weight is 330 g/mol. The van der Waals surface area contributed by atoms with Crippen LogP contribution in [0.25, 0.3) is 0 Å². The van der Waals surface area contributed by atoms with Crippen LogP contribution in [-0.2, 0) is 9.59 Å². The molecule has 0 radical (unpaired) electrons. The first-order chi connectivity index (χ1) is 11.6. The highest BCUT2D eigenvalue weighted by Gasteiger charge is 2.28. The molecule has 0 bridgehead atoms. The Balaban J connectivity index is 1.61. The Morgan fingerprint density at radius 2 is 2.08 bits per heavy atom. The van der Waals surface area contributed by atoms with Crippen molar-refractivity contribution in [1.82, 2.24) is 19.8 Å². The van der Waals surface area contributed by atoms with Crippen LogP contribution in [0, 0.1) is 6.92 Å². The predicted octanol–water partition coefficient (Wildman–Crippen LogP) is 1.89. The third kappa shape index (κ3) is 4.10. The normalized spacial score (nSPS) is 22.4. The van der Waals surface area contributed by atoms with Crippen LogP contribution in [-0.4, -0.2) is 57.8 Å². The van der Waals surface area contributed by atoms with E-state index in [1.807, 2.05) is 18.0 Å². The van der Waals surface area contributed by atoms with Crippen molar-refractivity contribution in [3.8, 4) is 0 Å². The SMILES string of the molecule is Cc1cncc(C2CCCN(C(=O)CN3CCCCCC3=O)C2)n1. The van der Waals surface area contributed by atoms with Gasteiger partial charge in [0.1, 0.15) is 0 Å². The van der Waals surface area contributed by atoms with E-state index >= 15 is 0 Å². The molecule has 0 spiro atoms. The van der Waals surface area contributed by atoms with E-state index in [9.17, 15) is 9.59 Å². The Labute approximate surface area is 143 Å². The number of aryl methyl sites for hydroxylation is 1. The minimum Gasteiger partial charge on any atom is -0.340 e. The molecule has 2 aliphatic rings. The first-order valence-electron chi connectivity index (χ1n) is 8.97. The minimum atomic E-state index is 0.0653. The van der Waals surface area contributed by atoms with Gasteiger partial charge < -0.3 is 9.80 Å². The van der Waals surface area contributed by atoms with Crippen LogP contribution in [0.5, 0.6) is 0 Å². The fourth-order valence-electron chi connectivity index (χ4n) is 3.59. The lowest BCUT2D eigenvalue weighted by Crippen LogP contribution is -2.46. The van der Waals surface area contributed by atoms with Gasteiger partial charge in [-0.2, -0.15) is 0 Å². The largest absolute Gasteiger partial charge is 0.340 e. The van der Waals surface area contributed by atoms with Crippen LogP contribution in [0.3, 0.4) is 0 Å². The van der Waals surface area contributed by atoms with Crippen LogP contribution < -0.4 is 0 Å². The summed E-state index contributed by atoms with van der Waals surface area (Å²) in [5.41, 5.74) is 1.88. The van der Waals surface area contributed by atoms with Crippen molar-refractivity contribution in [2.75, 3.05) is 26.2 Å². The average Bonchev–Trinajstić information content (AvgIpc) is 2.80. The quantitative estimate of drug-likeness (QED) is 0.849. The molecule has 3 rings (SSSR count). The molecule has 2 fully saturated rings. The summed E-state index contributed by atoms with van der Waals surface area (Å²) in [6.45, 7) is 4.33. The van der Waals surface area contributed by atoms with Gasteiger partial charge in [-0.25, -0.2) is 0 Å². The molecular formula is C18H26N4O2. The molecule has 0 aromatic carbocycles. The van der Waals surface area contributed by atoms with E-state index < -0.39 is 0 Å². The molecule has 2 amide bonds. The van der Waals surface area contributed by atoms with Gasteiger partial charge in [0, 0.05) is 44.4 Å². The molecule has 24 heavy (non-hydrogen) atoms. The Kier molecular flexibility index (Phi) is 5.43. The molecular weight excluding hydrogens is 304 g/mol. The molecule has 1 atom stereocenters. The Bertz CT molecular complexity index is 604. The lowest BCUT2D eigenvalue weighted by molar-refractivity contribution is -0.140. The minimum absolute atomic E-state index is 0.0653. The summed E-state index contributed by atoms with van der Waals surface area (Å²) in [6.07, 6.45) is 9.17. The van der Waals surface area contributed by atoms with E-state index in [1.54, 1.807) is 11.1 Å². The fraction of sp³-hybridized carbons (Fsp3) is 0.667. The van der Waals surface area contributed by atoms with E-state index in [2.05, 4.69) is 9.97 Å². The van der Waals surface area contributed by atoms with Crippen molar-refractivity contribution in [2.24, 2.45) is 0 Å². The summed E-state index contributed by atoms with van der Waals surface area (Å²) in [7, 11) is 0. The predicted molar refractivity (Wildman–Crippen MR) is 90.4 cm³/mol. The zero-order valence-corrected chi connectivity index (χ0v) is 14.4. The monoisotopic (exact) mass is 330 g/mol. The van der Waals surface area contributed by atoms with Crippen molar-refractivity contribution in [3.63, 3.8) is 0 Å². The van der Waals surface area contributed by atoms with Crippen LogP contribution in [0.2, 0.25) is 0 Å². The van der Waals surface area contributed by atoms with Gasteiger partial charge in [0.05, 0.1) is 17.9 Å². The molecule has 0 N–H and O–H groups in total. The van der Waals surface area contributed by atoms with E-state index in [0.29, 0.717) is 19.5 Å².